The van der Waals surface area contributed by atoms with E-state index in [4.69, 9.17) is 0 Å². The molecular weight excluding hydrogens is 198 g/mol. The van der Waals surface area contributed by atoms with Crippen molar-refractivity contribution < 1.29 is 4.79 Å². The van der Waals surface area contributed by atoms with Gasteiger partial charge in [0.25, 0.3) is 0 Å². The molecule has 2 fully saturated rings. The lowest BCUT2D eigenvalue weighted by Crippen LogP contribution is -2.40. The minimum Gasteiger partial charge on any atom is -0.303 e. The van der Waals surface area contributed by atoms with E-state index in [9.17, 15) is 4.79 Å². The summed E-state index contributed by atoms with van der Waals surface area (Å²) in [6.07, 6.45) is 7.16. The van der Waals surface area contributed by atoms with Crippen LogP contribution in [0.5, 0.6) is 0 Å². The van der Waals surface area contributed by atoms with Crippen LogP contribution in [0.15, 0.2) is 0 Å². The standard InChI is InChI=1S/C14H25NO/c1-14(2)7-6-12(13(16)10-14)11-15-8-4-3-5-9-15/h12H,3-11H2,1-2H3. The second-order valence-corrected chi connectivity index (χ2v) is 6.40. The molecule has 0 aromatic rings. The van der Waals surface area contributed by atoms with Gasteiger partial charge in [-0.05, 0) is 44.2 Å². The minimum atomic E-state index is 0.259. The lowest BCUT2D eigenvalue weighted by Gasteiger charge is -2.36. The molecule has 2 aliphatic rings. The van der Waals surface area contributed by atoms with E-state index in [1.54, 1.807) is 0 Å². The number of rotatable bonds is 2. The maximum Gasteiger partial charge on any atom is 0.137 e. The van der Waals surface area contributed by atoms with E-state index >= 15 is 0 Å². The Kier molecular flexibility index (Phi) is 3.68. The molecule has 1 saturated heterocycles. The van der Waals surface area contributed by atoms with Gasteiger partial charge in [0.2, 0.25) is 0 Å². The molecular formula is C14H25NO. The van der Waals surface area contributed by atoms with Crippen LogP contribution in [0.4, 0.5) is 0 Å². The smallest absolute Gasteiger partial charge is 0.137 e. The fourth-order valence-corrected chi connectivity index (χ4v) is 3.08. The van der Waals surface area contributed by atoms with Gasteiger partial charge in [0.1, 0.15) is 5.78 Å². The Morgan fingerprint density at radius 1 is 1.25 bits per heavy atom. The van der Waals surface area contributed by atoms with Crippen LogP contribution < -0.4 is 0 Å². The molecule has 0 radical (unpaired) electrons. The molecule has 0 N–H and O–H groups in total. The van der Waals surface area contributed by atoms with Crippen molar-refractivity contribution in [1.29, 1.82) is 0 Å². The summed E-state index contributed by atoms with van der Waals surface area (Å²) < 4.78 is 0. The molecule has 1 atom stereocenters. The van der Waals surface area contributed by atoms with Crippen molar-refractivity contribution in [2.45, 2.75) is 52.4 Å². The van der Waals surface area contributed by atoms with E-state index in [1.165, 1.54) is 38.8 Å². The number of likely N-dealkylation sites (tertiary alicyclic amines) is 1. The van der Waals surface area contributed by atoms with Gasteiger partial charge < -0.3 is 4.90 Å². The van der Waals surface area contributed by atoms with Crippen molar-refractivity contribution in [3.05, 3.63) is 0 Å². The molecule has 0 amide bonds. The van der Waals surface area contributed by atoms with Gasteiger partial charge in [-0.15, -0.1) is 0 Å². The molecule has 1 heterocycles. The molecule has 0 bridgehead atoms. The van der Waals surface area contributed by atoms with E-state index < -0.39 is 0 Å². The second-order valence-electron chi connectivity index (χ2n) is 6.40. The monoisotopic (exact) mass is 223 g/mol. The summed E-state index contributed by atoms with van der Waals surface area (Å²) >= 11 is 0. The van der Waals surface area contributed by atoms with Crippen LogP contribution in [0.3, 0.4) is 0 Å². The minimum absolute atomic E-state index is 0.259. The van der Waals surface area contributed by atoms with E-state index in [0.717, 1.165) is 19.4 Å². The Morgan fingerprint density at radius 3 is 2.56 bits per heavy atom. The summed E-state index contributed by atoms with van der Waals surface area (Å²) in [5.41, 5.74) is 0.259. The average molecular weight is 223 g/mol. The first-order valence-corrected chi connectivity index (χ1v) is 6.82. The van der Waals surface area contributed by atoms with Crippen LogP contribution in [0.2, 0.25) is 0 Å². The van der Waals surface area contributed by atoms with Gasteiger partial charge >= 0.3 is 0 Å². The van der Waals surface area contributed by atoms with Gasteiger partial charge in [-0.25, -0.2) is 0 Å². The average Bonchev–Trinajstić information content (AvgIpc) is 2.23. The summed E-state index contributed by atoms with van der Waals surface area (Å²) in [6, 6.07) is 0. The number of carbonyl (C=O) groups excluding carboxylic acids is 1. The Balaban J connectivity index is 1.84. The predicted molar refractivity (Wildman–Crippen MR) is 66.4 cm³/mol. The number of hydrogen-bond acceptors (Lipinski definition) is 2. The predicted octanol–water partition coefficient (Wildman–Crippen LogP) is 2.87. The van der Waals surface area contributed by atoms with Crippen molar-refractivity contribution in [1.82, 2.24) is 4.90 Å². The molecule has 2 nitrogen and oxygen atoms in total. The number of nitrogens with zero attached hydrogens (tertiary/aromatic N) is 1. The maximum absolute atomic E-state index is 12.1. The zero-order valence-corrected chi connectivity index (χ0v) is 10.8. The normalized spacial score (nSPS) is 31.6. The molecule has 1 aliphatic carbocycles. The molecule has 1 unspecified atom stereocenters. The van der Waals surface area contributed by atoms with Crippen molar-refractivity contribution in [3.63, 3.8) is 0 Å². The third kappa shape index (κ3) is 3.07. The first-order chi connectivity index (χ1) is 7.57. The first kappa shape index (κ1) is 12.1. The van der Waals surface area contributed by atoms with Gasteiger partial charge in [0.15, 0.2) is 0 Å². The van der Waals surface area contributed by atoms with Gasteiger partial charge in [-0.3, -0.25) is 4.79 Å². The third-order valence-corrected chi connectivity index (χ3v) is 4.20. The van der Waals surface area contributed by atoms with Gasteiger partial charge in [0, 0.05) is 18.9 Å². The van der Waals surface area contributed by atoms with Crippen LogP contribution in [-0.4, -0.2) is 30.3 Å². The van der Waals surface area contributed by atoms with Crippen LogP contribution in [0.25, 0.3) is 0 Å². The summed E-state index contributed by atoms with van der Waals surface area (Å²) in [6.45, 7) is 7.92. The molecule has 92 valence electrons. The fourth-order valence-electron chi connectivity index (χ4n) is 3.08. The van der Waals surface area contributed by atoms with Gasteiger partial charge in [-0.2, -0.15) is 0 Å². The van der Waals surface area contributed by atoms with Crippen molar-refractivity contribution in [2.24, 2.45) is 11.3 Å². The summed E-state index contributed by atoms with van der Waals surface area (Å²) in [5, 5.41) is 0. The van der Waals surface area contributed by atoms with Crippen LogP contribution >= 0.6 is 0 Å². The van der Waals surface area contributed by atoms with Crippen LogP contribution in [-0.2, 0) is 4.79 Å². The number of Topliss-reactive ketones (excluding diaryl/α,β-unsaturated/α-hetero) is 1. The third-order valence-electron chi connectivity index (χ3n) is 4.20. The van der Waals surface area contributed by atoms with E-state index in [2.05, 4.69) is 18.7 Å². The van der Waals surface area contributed by atoms with E-state index in [0.29, 0.717) is 11.7 Å². The highest BCUT2D eigenvalue weighted by Crippen LogP contribution is 2.36. The quantitative estimate of drug-likeness (QED) is 0.717. The highest BCUT2D eigenvalue weighted by atomic mass is 16.1. The second kappa shape index (κ2) is 4.87. The van der Waals surface area contributed by atoms with E-state index in [-0.39, 0.29) is 5.41 Å². The molecule has 1 saturated carbocycles. The Labute approximate surface area is 99.4 Å². The zero-order chi connectivity index (χ0) is 11.6. The summed E-state index contributed by atoms with van der Waals surface area (Å²) in [7, 11) is 0. The lowest BCUT2D eigenvalue weighted by molar-refractivity contribution is -0.128. The largest absolute Gasteiger partial charge is 0.303 e. The molecule has 2 heteroatoms. The number of hydrogen-bond donors (Lipinski definition) is 0. The summed E-state index contributed by atoms with van der Waals surface area (Å²) in [4.78, 5) is 14.6. The Hall–Kier alpha value is -0.370. The number of ketones is 1. The lowest BCUT2D eigenvalue weighted by atomic mass is 9.72. The molecule has 16 heavy (non-hydrogen) atoms. The summed E-state index contributed by atoms with van der Waals surface area (Å²) in [5.74, 6) is 0.855. The topological polar surface area (TPSA) is 20.3 Å². The SMILES string of the molecule is CC1(C)CCC(CN2CCCCC2)C(=O)C1. The van der Waals surface area contributed by atoms with Gasteiger partial charge in [-0.1, -0.05) is 20.3 Å². The van der Waals surface area contributed by atoms with Crippen molar-refractivity contribution in [3.8, 4) is 0 Å². The molecule has 0 aromatic heterocycles. The van der Waals surface area contributed by atoms with Crippen LogP contribution in [0, 0.1) is 11.3 Å². The highest BCUT2D eigenvalue weighted by Gasteiger charge is 2.34. The Morgan fingerprint density at radius 2 is 1.94 bits per heavy atom. The molecule has 0 aromatic carbocycles. The number of carbonyl (C=O) groups is 1. The van der Waals surface area contributed by atoms with Crippen molar-refractivity contribution >= 4 is 5.78 Å². The zero-order valence-electron chi connectivity index (χ0n) is 10.8. The number of piperidine rings is 1. The molecule has 2 rings (SSSR count). The van der Waals surface area contributed by atoms with Crippen molar-refractivity contribution in [2.75, 3.05) is 19.6 Å². The Bertz CT molecular complexity index is 253. The fraction of sp³-hybridized carbons (Fsp3) is 0.929. The first-order valence-electron chi connectivity index (χ1n) is 6.82. The van der Waals surface area contributed by atoms with Crippen LogP contribution in [0.1, 0.15) is 52.4 Å². The highest BCUT2D eigenvalue weighted by molar-refractivity contribution is 5.82. The molecule has 0 spiro atoms. The van der Waals surface area contributed by atoms with Gasteiger partial charge in [0.05, 0.1) is 0 Å². The van der Waals surface area contributed by atoms with E-state index in [1.807, 2.05) is 0 Å². The maximum atomic E-state index is 12.1. The molecule has 1 aliphatic heterocycles.